The number of halogens is 2. The zero-order chi connectivity index (χ0) is 15.2. The van der Waals surface area contributed by atoms with Gasteiger partial charge in [0.15, 0.2) is 5.82 Å². The molecule has 2 heterocycles. The summed E-state index contributed by atoms with van der Waals surface area (Å²) in [5, 5.41) is 0.516. The highest BCUT2D eigenvalue weighted by Gasteiger charge is 2.23. The maximum Gasteiger partial charge on any atom is 0.161 e. The third kappa shape index (κ3) is 2.88. The molecule has 3 nitrogen and oxygen atoms in total. The van der Waals surface area contributed by atoms with Crippen molar-refractivity contribution in [3.63, 3.8) is 0 Å². The second-order valence-electron chi connectivity index (χ2n) is 6.17. The minimum atomic E-state index is -0.0717. The lowest BCUT2D eigenvalue weighted by atomic mass is 9.92. The van der Waals surface area contributed by atoms with Crippen LogP contribution in [0.1, 0.15) is 32.0 Å². The Morgan fingerprint density at radius 3 is 2.71 bits per heavy atom. The second-order valence-corrected chi connectivity index (χ2v) is 7.61. The van der Waals surface area contributed by atoms with Crippen LogP contribution in [0.3, 0.4) is 0 Å². The van der Waals surface area contributed by atoms with Gasteiger partial charge in [-0.25, -0.2) is 9.97 Å². The Bertz CT molecular complexity index is 710. The third-order valence-corrected chi connectivity index (χ3v) is 5.08. The monoisotopic (exact) mass is 414 g/mol. The lowest BCUT2D eigenvalue weighted by Crippen LogP contribution is -2.17. The van der Waals surface area contributed by atoms with Crippen LogP contribution in [0.15, 0.2) is 18.2 Å². The summed E-state index contributed by atoms with van der Waals surface area (Å²) in [4.78, 5) is 9.20. The van der Waals surface area contributed by atoms with Gasteiger partial charge in [-0.2, -0.15) is 0 Å². The average Bonchev–Trinajstić information content (AvgIpc) is 2.87. The molecule has 0 fully saturated rings. The van der Waals surface area contributed by atoms with Gasteiger partial charge in [0.2, 0.25) is 0 Å². The molecular weight excluding hydrogens is 399 g/mol. The highest BCUT2D eigenvalue weighted by molar-refractivity contribution is 14.1. The number of rotatable bonds is 1. The highest BCUT2D eigenvalue weighted by atomic mass is 127. The smallest absolute Gasteiger partial charge is 0.161 e. The first-order chi connectivity index (χ1) is 9.86. The summed E-state index contributed by atoms with van der Waals surface area (Å²) in [6.45, 7) is 7.15. The molecule has 0 amide bonds. The van der Waals surface area contributed by atoms with Crippen molar-refractivity contribution in [3.05, 3.63) is 38.2 Å². The minimum Gasteiger partial charge on any atom is -0.493 e. The zero-order valence-electron chi connectivity index (χ0n) is 12.2. The number of nitrogens with zero attached hydrogens (tertiary/aromatic N) is 2. The van der Waals surface area contributed by atoms with Gasteiger partial charge < -0.3 is 4.74 Å². The van der Waals surface area contributed by atoms with Crippen molar-refractivity contribution >= 4 is 34.2 Å². The molecule has 0 spiro atoms. The van der Waals surface area contributed by atoms with E-state index in [-0.39, 0.29) is 5.41 Å². The van der Waals surface area contributed by atoms with Crippen LogP contribution in [0.5, 0.6) is 5.75 Å². The molecule has 1 aliphatic rings. The van der Waals surface area contributed by atoms with Crippen LogP contribution in [-0.4, -0.2) is 16.6 Å². The Balaban J connectivity index is 2.13. The second kappa shape index (κ2) is 5.39. The van der Waals surface area contributed by atoms with Crippen LogP contribution in [0.2, 0.25) is 5.15 Å². The van der Waals surface area contributed by atoms with Crippen molar-refractivity contribution in [1.29, 1.82) is 0 Å². The maximum absolute atomic E-state index is 6.31. The molecule has 0 radical (unpaired) electrons. The summed E-state index contributed by atoms with van der Waals surface area (Å²) in [6, 6.07) is 6.09. The molecule has 1 aliphatic heterocycles. The predicted molar refractivity (Wildman–Crippen MR) is 93.1 cm³/mol. The average molecular weight is 415 g/mol. The molecule has 1 aromatic carbocycles. The molecule has 0 unspecified atom stereocenters. The van der Waals surface area contributed by atoms with E-state index < -0.39 is 0 Å². The standard InChI is InChI=1S/C16H16ClIN2O/c1-16(2,3)13-12(18)14(17)20-15(19-13)10-4-5-11-9(8-10)6-7-21-11/h4-5,8H,6-7H2,1-3H3. The topological polar surface area (TPSA) is 35.0 Å². The van der Waals surface area contributed by atoms with Gasteiger partial charge in [-0.15, -0.1) is 0 Å². The Hall–Kier alpha value is -0.880. The van der Waals surface area contributed by atoms with Gasteiger partial charge in [0.1, 0.15) is 10.9 Å². The Labute approximate surface area is 143 Å². The number of benzene rings is 1. The molecule has 0 saturated heterocycles. The number of hydrogen-bond donors (Lipinski definition) is 0. The number of aromatic nitrogens is 2. The Morgan fingerprint density at radius 2 is 2.00 bits per heavy atom. The van der Waals surface area contributed by atoms with Gasteiger partial charge in [0, 0.05) is 17.4 Å². The van der Waals surface area contributed by atoms with Gasteiger partial charge in [0.25, 0.3) is 0 Å². The number of ether oxygens (including phenoxy) is 1. The predicted octanol–water partition coefficient (Wildman–Crippen LogP) is 4.63. The minimum absolute atomic E-state index is 0.0717. The van der Waals surface area contributed by atoms with E-state index in [0.29, 0.717) is 11.0 Å². The van der Waals surface area contributed by atoms with Crippen molar-refractivity contribution < 1.29 is 4.74 Å². The lowest BCUT2D eigenvalue weighted by Gasteiger charge is -2.20. The van der Waals surface area contributed by atoms with Crippen LogP contribution in [0.4, 0.5) is 0 Å². The van der Waals surface area contributed by atoms with Crippen LogP contribution in [-0.2, 0) is 11.8 Å². The molecule has 110 valence electrons. The first kappa shape index (κ1) is 15.0. The van der Waals surface area contributed by atoms with E-state index in [2.05, 4.69) is 54.4 Å². The van der Waals surface area contributed by atoms with Gasteiger partial charge in [-0.05, 0) is 46.4 Å². The van der Waals surface area contributed by atoms with Crippen LogP contribution in [0, 0.1) is 3.57 Å². The summed E-state index contributed by atoms with van der Waals surface area (Å²) in [6.07, 6.45) is 0.938. The normalized spacial score (nSPS) is 14.0. The molecule has 5 heteroatoms. The largest absolute Gasteiger partial charge is 0.493 e. The van der Waals surface area contributed by atoms with Gasteiger partial charge in [-0.1, -0.05) is 32.4 Å². The van der Waals surface area contributed by atoms with E-state index in [1.54, 1.807) is 0 Å². The van der Waals surface area contributed by atoms with Crippen molar-refractivity contribution in [2.45, 2.75) is 32.6 Å². The van der Waals surface area contributed by atoms with E-state index in [4.69, 9.17) is 21.3 Å². The first-order valence-corrected chi connectivity index (χ1v) is 8.31. The molecule has 0 atom stereocenters. The molecular formula is C16H16ClIN2O. The van der Waals surface area contributed by atoms with Crippen molar-refractivity contribution in [2.24, 2.45) is 0 Å². The van der Waals surface area contributed by atoms with Crippen molar-refractivity contribution in [1.82, 2.24) is 9.97 Å². The summed E-state index contributed by atoms with van der Waals surface area (Å²) >= 11 is 8.53. The summed E-state index contributed by atoms with van der Waals surface area (Å²) in [7, 11) is 0. The van der Waals surface area contributed by atoms with Gasteiger partial charge >= 0.3 is 0 Å². The third-order valence-electron chi connectivity index (χ3n) is 3.47. The number of fused-ring (bicyclic) bond motifs is 1. The first-order valence-electron chi connectivity index (χ1n) is 6.86. The molecule has 0 aliphatic carbocycles. The molecule has 0 bridgehead atoms. The lowest BCUT2D eigenvalue weighted by molar-refractivity contribution is 0.357. The van der Waals surface area contributed by atoms with Crippen molar-refractivity contribution in [2.75, 3.05) is 6.61 Å². The van der Waals surface area contributed by atoms with E-state index in [0.717, 1.165) is 33.6 Å². The quantitative estimate of drug-likeness (QED) is 0.504. The van der Waals surface area contributed by atoms with Crippen LogP contribution < -0.4 is 4.74 Å². The van der Waals surface area contributed by atoms with Crippen molar-refractivity contribution in [3.8, 4) is 17.1 Å². The summed E-state index contributed by atoms with van der Waals surface area (Å²) in [5.74, 6) is 1.64. The molecule has 1 aromatic heterocycles. The zero-order valence-corrected chi connectivity index (χ0v) is 15.1. The Kier molecular flexibility index (Phi) is 3.86. The molecule has 3 rings (SSSR count). The fourth-order valence-electron chi connectivity index (χ4n) is 2.37. The molecule has 21 heavy (non-hydrogen) atoms. The van der Waals surface area contributed by atoms with Crippen LogP contribution in [0.25, 0.3) is 11.4 Å². The maximum atomic E-state index is 6.31. The van der Waals surface area contributed by atoms with Crippen LogP contribution >= 0.6 is 34.2 Å². The number of hydrogen-bond acceptors (Lipinski definition) is 3. The fourth-order valence-corrected chi connectivity index (χ4v) is 3.59. The van der Waals surface area contributed by atoms with E-state index in [9.17, 15) is 0 Å². The molecule has 0 N–H and O–H groups in total. The van der Waals surface area contributed by atoms with E-state index in [1.807, 2.05) is 12.1 Å². The highest BCUT2D eigenvalue weighted by Crippen LogP contribution is 2.33. The fraction of sp³-hybridized carbons (Fsp3) is 0.375. The molecule has 0 saturated carbocycles. The van der Waals surface area contributed by atoms with Gasteiger partial charge in [0.05, 0.1) is 15.9 Å². The van der Waals surface area contributed by atoms with E-state index in [1.165, 1.54) is 5.56 Å². The molecule has 2 aromatic rings. The Morgan fingerprint density at radius 1 is 1.24 bits per heavy atom. The summed E-state index contributed by atoms with van der Waals surface area (Å²) in [5.41, 5.74) is 3.11. The SMILES string of the molecule is CC(C)(C)c1nc(-c2ccc3c(c2)CCO3)nc(Cl)c1I. The van der Waals surface area contributed by atoms with E-state index >= 15 is 0 Å². The van der Waals surface area contributed by atoms with Gasteiger partial charge in [-0.3, -0.25) is 0 Å². The summed E-state index contributed by atoms with van der Waals surface area (Å²) < 4.78 is 6.47.